The van der Waals surface area contributed by atoms with E-state index >= 15 is 0 Å². The van der Waals surface area contributed by atoms with Crippen LogP contribution in [0.4, 0.5) is 0 Å². The topological polar surface area (TPSA) is 25.8 Å². The molecule has 12 rings (SSSR count). The van der Waals surface area contributed by atoms with Crippen LogP contribution in [0.3, 0.4) is 0 Å². The normalized spacial score (nSPS) is 13.2. The zero-order valence-electron chi connectivity index (χ0n) is 29.9. The molecule has 0 atom stereocenters. The van der Waals surface area contributed by atoms with E-state index in [-0.39, 0.29) is 0 Å². The smallest absolute Gasteiger partial charge is 0.160 e. The molecule has 0 N–H and O–H groups in total. The maximum absolute atomic E-state index is 5.32. The fourth-order valence-electron chi connectivity index (χ4n) is 9.78. The van der Waals surface area contributed by atoms with Gasteiger partial charge >= 0.3 is 0 Å². The van der Waals surface area contributed by atoms with Crippen molar-refractivity contribution in [3.05, 3.63) is 216 Å². The molecule has 55 heavy (non-hydrogen) atoms. The molecule has 1 aromatic heterocycles. The molecule has 10 aromatic rings. The molecule has 1 heterocycles. The third-order valence-corrected chi connectivity index (χ3v) is 12.1. The lowest BCUT2D eigenvalue weighted by molar-refractivity contribution is 0.794. The van der Waals surface area contributed by atoms with Gasteiger partial charge in [-0.15, -0.1) is 0 Å². The highest BCUT2D eigenvalue weighted by atomic mass is 14.9. The van der Waals surface area contributed by atoms with Crippen LogP contribution in [0.5, 0.6) is 0 Å². The van der Waals surface area contributed by atoms with Gasteiger partial charge in [-0.05, 0) is 95.0 Å². The minimum Gasteiger partial charge on any atom is -0.228 e. The molecule has 254 valence electrons. The highest BCUT2D eigenvalue weighted by Gasteiger charge is 2.51. The number of hydrogen-bond donors (Lipinski definition) is 0. The maximum Gasteiger partial charge on any atom is 0.160 e. The van der Waals surface area contributed by atoms with Crippen LogP contribution in [-0.4, -0.2) is 9.97 Å². The SMILES string of the molecule is c1ccc(-c2nc(-c3ccc4c(c3)C3(c5ccccc5-c5ccccc53)c3ccccc3-4)cc(-c3ccc4c5ccccc5c5ccccc5c4c3)n2)cc1. The Morgan fingerprint density at radius 3 is 1.25 bits per heavy atom. The average Bonchev–Trinajstić information content (AvgIpc) is 3.73. The van der Waals surface area contributed by atoms with Crippen molar-refractivity contribution in [3.63, 3.8) is 0 Å². The lowest BCUT2D eigenvalue weighted by Gasteiger charge is -2.30. The Bertz CT molecular complexity index is 3110. The van der Waals surface area contributed by atoms with Gasteiger partial charge in [0.15, 0.2) is 5.82 Å². The van der Waals surface area contributed by atoms with E-state index in [0.717, 1.165) is 28.1 Å². The van der Waals surface area contributed by atoms with Crippen molar-refractivity contribution in [1.29, 1.82) is 0 Å². The van der Waals surface area contributed by atoms with Gasteiger partial charge in [0.2, 0.25) is 0 Å². The first-order valence-electron chi connectivity index (χ1n) is 19.0. The van der Waals surface area contributed by atoms with Gasteiger partial charge in [0, 0.05) is 16.7 Å². The standard InChI is InChI=1S/C53H32N2/c1-2-14-33(15-3-1)52-54-50(34-26-28-40-38-18-5-4-16-36(38)37-17-6-7-19-39(37)45(40)30-34)32-51(55-52)35-27-29-44-43-22-10-13-25-48(43)53(49(44)31-35)46-23-11-8-20-41(46)42-21-9-12-24-47(42)53/h1-32H. The minimum absolute atomic E-state index is 0.421. The van der Waals surface area contributed by atoms with Gasteiger partial charge < -0.3 is 0 Å². The largest absolute Gasteiger partial charge is 0.228 e. The molecule has 0 fully saturated rings. The summed E-state index contributed by atoms with van der Waals surface area (Å²) in [6.07, 6.45) is 0. The van der Waals surface area contributed by atoms with Gasteiger partial charge in [0.25, 0.3) is 0 Å². The summed E-state index contributed by atoms with van der Waals surface area (Å²) >= 11 is 0. The van der Waals surface area contributed by atoms with Gasteiger partial charge in [-0.3, -0.25) is 0 Å². The van der Waals surface area contributed by atoms with Crippen LogP contribution in [0.1, 0.15) is 22.3 Å². The Labute approximate surface area is 319 Å². The van der Waals surface area contributed by atoms with Crippen molar-refractivity contribution >= 4 is 32.3 Å². The van der Waals surface area contributed by atoms with Crippen molar-refractivity contribution in [1.82, 2.24) is 9.97 Å². The second-order valence-electron chi connectivity index (χ2n) is 14.8. The van der Waals surface area contributed by atoms with E-state index in [1.807, 2.05) is 6.07 Å². The monoisotopic (exact) mass is 696 g/mol. The first kappa shape index (κ1) is 30.3. The Balaban J connectivity index is 1.10. The summed E-state index contributed by atoms with van der Waals surface area (Å²) in [6, 6.07) is 70.8. The highest BCUT2D eigenvalue weighted by Crippen LogP contribution is 2.63. The molecule has 2 heteroatoms. The van der Waals surface area contributed by atoms with Crippen molar-refractivity contribution in [2.75, 3.05) is 0 Å². The second-order valence-corrected chi connectivity index (χ2v) is 14.8. The molecule has 2 nitrogen and oxygen atoms in total. The van der Waals surface area contributed by atoms with Crippen LogP contribution >= 0.6 is 0 Å². The lowest BCUT2D eigenvalue weighted by atomic mass is 9.70. The zero-order chi connectivity index (χ0) is 36.1. The second kappa shape index (κ2) is 11.4. The Morgan fingerprint density at radius 1 is 0.273 bits per heavy atom. The van der Waals surface area contributed by atoms with E-state index in [4.69, 9.17) is 9.97 Å². The summed E-state index contributed by atoms with van der Waals surface area (Å²) in [5.41, 5.74) is 15.0. The van der Waals surface area contributed by atoms with Crippen molar-refractivity contribution < 1.29 is 0 Å². The molecule has 0 amide bonds. The summed E-state index contributed by atoms with van der Waals surface area (Å²) in [5, 5.41) is 7.52. The van der Waals surface area contributed by atoms with Crippen LogP contribution < -0.4 is 0 Å². The summed E-state index contributed by atoms with van der Waals surface area (Å²) in [4.78, 5) is 10.6. The van der Waals surface area contributed by atoms with Gasteiger partial charge in [-0.1, -0.05) is 176 Å². The molecular weight excluding hydrogens is 665 g/mol. The summed E-state index contributed by atoms with van der Waals surface area (Å²) in [7, 11) is 0. The first-order valence-corrected chi connectivity index (χ1v) is 19.0. The Hall–Kier alpha value is -7.16. The molecule has 0 unspecified atom stereocenters. The predicted molar refractivity (Wildman–Crippen MR) is 227 cm³/mol. The van der Waals surface area contributed by atoms with Gasteiger partial charge in [0.05, 0.1) is 16.8 Å². The molecular formula is C53H32N2. The van der Waals surface area contributed by atoms with Crippen molar-refractivity contribution in [3.8, 4) is 56.2 Å². The number of aromatic nitrogens is 2. The van der Waals surface area contributed by atoms with Crippen LogP contribution in [0.2, 0.25) is 0 Å². The van der Waals surface area contributed by atoms with E-state index in [2.05, 4.69) is 188 Å². The molecule has 0 aliphatic heterocycles. The van der Waals surface area contributed by atoms with E-state index < -0.39 is 5.41 Å². The predicted octanol–water partition coefficient (Wildman–Crippen LogP) is 13.3. The number of nitrogens with zero attached hydrogens (tertiary/aromatic N) is 2. The molecule has 0 bridgehead atoms. The molecule has 9 aromatic carbocycles. The number of fused-ring (bicyclic) bond motifs is 16. The number of rotatable bonds is 3. The molecule has 1 spiro atoms. The third kappa shape index (κ3) is 4.19. The van der Waals surface area contributed by atoms with E-state index in [9.17, 15) is 0 Å². The number of benzene rings is 9. The Morgan fingerprint density at radius 2 is 0.691 bits per heavy atom. The van der Waals surface area contributed by atoms with E-state index in [1.54, 1.807) is 0 Å². The molecule has 2 aliphatic rings. The minimum atomic E-state index is -0.421. The summed E-state index contributed by atoms with van der Waals surface area (Å²) < 4.78 is 0. The van der Waals surface area contributed by atoms with Crippen molar-refractivity contribution in [2.24, 2.45) is 0 Å². The highest BCUT2D eigenvalue weighted by molar-refractivity contribution is 6.25. The zero-order valence-corrected chi connectivity index (χ0v) is 29.9. The fourth-order valence-corrected chi connectivity index (χ4v) is 9.78. The van der Waals surface area contributed by atoms with Gasteiger partial charge in [-0.2, -0.15) is 0 Å². The van der Waals surface area contributed by atoms with Crippen molar-refractivity contribution in [2.45, 2.75) is 5.41 Å². The third-order valence-electron chi connectivity index (χ3n) is 12.1. The van der Waals surface area contributed by atoms with Crippen LogP contribution in [-0.2, 0) is 5.41 Å². The van der Waals surface area contributed by atoms with Crippen LogP contribution in [0.15, 0.2) is 194 Å². The van der Waals surface area contributed by atoms with Crippen LogP contribution in [0, 0.1) is 0 Å². The summed E-state index contributed by atoms with van der Waals surface area (Å²) in [6.45, 7) is 0. The first-order chi connectivity index (χ1) is 27.3. The fraction of sp³-hybridized carbons (Fsp3) is 0.0189. The maximum atomic E-state index is 5.32. The molecule has 0 saturated heterocycles. The quantitative estimate of drug-likeness (QED) is 0.172. The number of hydrogen-bond acceptors (Lipinski definition) is 2. The molecule has 0 saturated carbocycles. The van der Waals surface area contributed by atoms with E-state index in [0.29, 0.717) is 5.82 Å². The average molecular weight is 697 g/mol. The van der Waals surface area contributed by atoms with Crippen LogP contribution in [0.25, 0.3) is 88.5 Å². The van der Waals surface area contributed by atoms with Gasteiger partial charge in [0.1, 0.15) is 0 Å². The van der Waals surface area contributed by atoms with Gasteiger partial charge in [-0.25, -0.2) is 9.97 Å². The summed E-state index contributed by atoms with van der Waals surface area (Å²) in [5.74, 6) is 0.714. The Kier molecular flexibility index (Phi) is 6.29. The molecule has 2 aliphatic carbocycles. The lowest BCUT2D eigenvalue weighted by Crippen LogP contribution is -2.25. The van der Waals surface area contributed by atoms with E-state index in [1.165, 1.54) is 76.8 Å². The molecule has 0 radical (unpaired) electrons.